The molecule has 7 nitrogen and oxygen atoms in total. The van der Waals surface area contributed by atoms with Gasteiger partial charge in [-0.2, -0.15) is 0 Å². The number of imidazole rings is 1. The van der Waals surface area contributed by atoms with Crippen LogP contribution in [-0.4, -0.2) is 29.1 Å². The van der Waals surface area contributed by atoms with Crippen LogP contribution in [0.5, 0.6) is 5.75 Å². The van der Waals surface area contributed by atoms with E-state index in [9.17, 15) is 4.79 Å². The number of Topliss-reactive ketones (excluding diaryl/α,β-unsaturated/α-hetero) is 1. The van der Waals surface area contributed by atoms with Crippen molar-refractivity contribution >= 4 is 42.6 Å². The molecule has 0 fully saturated rings. The number of fused-ring (bicyclic) bond motifs is 2. The van der Waals surface area contributed by atoms with E-state index in [1.165, 1.54) is 11.8 Å². The first-order valence-corrected chi connectivity index (χ1v) is 16.5. The summed E-state index contributed by atoms with van der Waals surface area (Å²) in [6.07, 6.45) is 6.24. The number of nitrogens with zero attached hydrogens (tertiary/aromatic N) is 1. The molecule has 37 heavy (non-hydrogen) atoms. The van der Waals surface area contributed by atoms with E-state index in [0.29, 0.717) is 6.42 Å². The van der Waals surface area contributed by atoms with E-state index < -0.39 is 8.32 Å². The fourth-order valence-electron chi connectivity index (χ4n) is 4.83. The highest BCUT2D eigenvalue weighted by atomic mass is 32.2. The lowest BCUT2D eigenvalue weighted by Gasteiger charge is -2.36. The summed E-state index contributed by atoms with van der Waals surface area (Å²) >= 11 is 1.45. The largest absolute Gasteiger partial charge is 0.543 e. The number of benzene rings is 1. The first-order chi connectivity index (χ1) is 17.6. The van der Waals surface area contributed by atoms with Crippen LogP contribution in [0.3, 0.4) is 0 Å². The van der Waals surface area contributed by atoms with E-state index in [-0.39, 0.29) is 16.7 Å². The van der Waals surface area contributed by atoms with Crippen molar-refractivity contribution < 1.29 is 13.6 Å². The quantitative estimate of drug-likeness (QED) is 0.229. The Morgan fingerprint density at radius 3 is 2.78 bits per heavy atom. The molecule has 1 aliphatic heterocycles. The van der Waals surface area contributed by atoms with E-state index in [1.54, 1.807) is 0 Å². The molecule has 0 spiro atoms. The SMILES string of the molecule is CC(C)(C)[Si](C)(C)Oc1ccc2nc(Sc3ccc(C4C5=C(CCCC5=O)Nc5c[nH]cc54)o3)[nH]c2c1. The maximum atomic E-state index is 12.9. The van der Waals surface area contributed by atoms with E-state index >= 15 is 0 Å². The van der Waals surface area contributed by atoms with Gasteiger partial charge in [-0.05, 0) is 67.0 Å². The molecule has 0 radical (unpaired) electrons. The molecule has 1 atom stereocenters. The lowest BCUT2D eigenvalue weighted by atomic mass is 9.79. The molecule has 1 unspecified atom stereocenters. The van der Waals surface area contributed by atoms with E-state index in [0.717, 1.165) is 68.2 Å². The van der Waals surface area contributed by atoms with Gasteiger partial charge in [-0.1, -0.05) is 20.8 Å². The minimum Gasteiger partial charge on any atom is -0.543 e. The molecular weight excluding hydrogens is 500 g/mol. The number of H-pyrrole nitrogens is 2. The number of aromatic nitrogens is 3. The van der Waals surface area contributed by atoms with Crippen LogP contribution in [-0.2, 0) is 4.79 Å². The van der Waals surface area contributed by atoms with Crippen LogP contribution in [0.15, 0.2) is 68.7 Å². The molecule has 1 aliphatic carbocycles. The third kappa shape index (κ3) is 4.34. The number of aromatic amines is 2. The van der Waals surface area contributed by atoms with Gasteiger partial charge < -0.3 is 24.1 Å². The zero-order valence-corrected chi connectivity index (χ0v) is 23.6. The first-order valence-electron chi connectivity index (χ1n) is 12.8. The van der Waals surface area contributed by atoms with Gasteiger partial charge in [0.05, 0.1) is 22.6 Å². The van der Waals surface area contributed by atoms with Crippen LogP contribution >= 0.6 is 11.8 Å². The summed E-state index contributed by atoms with van der Waals surface area (Å²) in [6, 6.07) is 9.97. The lowest BCUT2D eigenvalue weighted by molar-refractivity contribution is -0.116. The van der Waals surface area contributed by atoms with Crippen molar-refractivity contribution in [3.63, 3.8) is 0 Å². The summed E-state index contributed by atoms with van der Waals surface area (Å²) in [5.74, 6) is 1.64. The maximum absolute atomic E-state index is 12.9. The third-order valence-corrected chi connectivity index (χ3v) is 13.0. The number of hydrogen-bond acceptors (Lipinski definition) is 6. The number of rotatable bonds is 5. The third-order valence-electron chi connectivity index (χ3n) is 7.81. The number of carbonyl (C=O) groups is 1. The molecule has 3 aromatic heterocycles. The van der Waals surface area contributed by atoms with Gasteiger partial charge in [0.2, 0.25) is 8.32 Å². The van der Waals surface area contributed by atoms with Gasteiger partial charge >= 0.3 is 0 Å². The standard InChI is InChI=1S/C28H32N4O3SSi/c1-28(2,3)37(4,5)35-16-9-10-18-20(13-16)32-27(31-18)36-24-12-11-23(34-24)25-17-14-29-15-21(17)30-19-7-6-8-22(33)26(19)25/h9-15,25,29-30H,6-8H2,1-5H3,(H,31,32). The van der Waals surface area contributed by atoms with Crippen molar-refractivity contribution in [3.8, 4) is 5.75 Å². The molecule has 4 aromatic rings. The normalized spacial score (nSPS) is 18.1. The molecule has 192 valence electrons. The Kier molecular flexibility index (Phi) is 5.68. The molecule has 0 saturated carbocycles. The van der Waals surface area contributed by atoms with Gasteiger partial charge in [0.1, 0.15) is 11.5 Å². The van der Waals surface area contributed by atoms with Crippen molar-refractivity contribution in [3.05, 3.63) is 65.3 Å². The number of ketones is 1. The van der Waals surface area contributed by atoms with E-state index in [4.69, 9.17) is 13.8 Å². The highest BCUT2D eigenvalue weighted by molar-refractivity contribution is 7.99. The lowest BCUT2D eigenvalue weighted by Crippen LogP contribution is -2.43. The second-order valence-corrected chi connectivity index (χ2v) is 17.1. The summed E-state index contributed by atoms with van der Waals surface area (Å²) < 4.78 is 12.8. The molecule has 3 N–H and O–H groups in total. The Morgan fingerprint density at radius 2 is 1.97 bits per heavy atom. The van der Waals surface area contributed by atoms with E-state index in [1.807, 2.05) is 42.7 Å². The van der Waals surface area contributed by atoms with Crippen molar-refractivity contribution in [1.82, 2.24) is 15.0 Å². The van der Waals surface area contributed by atoms with Crippen molar-refractivity contribution in [2.24, 2.45) is 0 Å². The second kappa shape index (κ2) is 8.70. The predicted molar refractivity (Wildman–Crippen MR) is 149 cm³/mol. The van der Waals surface area contributed by atoms with Crippen LogP contribution in [0.1, 0.15) is 57.3 Å². The molecule has 0 saturated heterocycles. The van der Waals surface area contributed by atoms with Gasteiger partial charge in [0, 0.05) is 41.7 Å². The molecular formula is C28H32N4O3SSi. The number of nitrogens with one attached hydrogen (secondary N) is 3. The second-order valence-electron chi connectivity index (χ2n) is 11.4. The van der Waals surface area contributed by atoms with Gasteiger partial charge in [0.15, 0.2) is 16.0 Å². The van der Waals surface area contributed by atoms with Crippen LogP contribution < -0.4 is 9.74 Å². The summed E-state index contributed by atoms with van der Waals surface area (Å²) in [4.78, 5) is 24.3. The zero-order valence-electron chi connectivity index (χ0n) is 21.8. The minimum atomic E-state index is -1.93. The summed E-state index contributed by atoms with van der Waals surface area (Å²) in [6.45, 7) is 11.2. The van der Waals surface area contributed by atoms with Crippen molar-refractivity contribution in [2.45, 2.75) is 74.3 Å². The topological polar surface area (TPSA) is 95.9 Å². The highest BCUT2D eigenvalue weighted by Crippen LogP contribution is 2.46. The van der Waals surface area contributed by atoms with Crippen molar-refractivity contribution in [1.29, 1.82) is 0 Å². The van der Waals surface area contributed by atoms with Crippen molar-refractivity contribution in [2.75, 3.05) is 5.32 Å². The average molecular weight is 533 g/mol. The summed E-state index contributed by atoms with van der Waals surface area (Å²) in [5, 5.41) is 5.06. The molecule has 0 amide bonds. The van der Waals surface area contributed by atoms with Gasteiger partial charge in [-0.3, -0.25) is 4.79 Å². The van der Waals surface area contributed by atoms with Gasteiger partial charge in [-0.25, -0.2) is 4.98 Å². The zero-order chi connectivity index (χ0) is 25.9. The Labute approximate surface area is 221 Å². The molecule has 9 heteroatoms. The van der Waals surface area contributed by atoms with Gasteiger partial charge in [0.25, 0.3) is 0 Å². The van der Waals surface area contributed by atoms with E-state index in [2.05, 4.69) is 49.1 Å². The van der Waals surface area contributed by atoms with Crippen LogP contribution in [0.25, 0.3) is 11.0 Å². The summed E-state index contributed by atoms with van der Waals surface area (Å²) in [5.41, 5.74) is 5.72. The number of allylic oxidation sites excluding steroid dienone is 2. The number of anilines is 1. The summed E-state index contributed by atoms with van der Waals surface area (Å²) in [7, 11) is -1.93. The molecule has 2 aliphatic rings. The Morgan fingerprint density at radius 1 is 1.14 bits per heavy atom. The van der Waals surface area contributed by atoms with Crippen LogP contribution in [0.4, 0.5) is 5.69 Å². The Balaban J connectivity index is 1.26. The number of hydrogen-bond donors (Lipinski definition) is 3. The molecule has 4 heterocycles. The monoisotopic (exact) mass is 532 g/mol. The highest BCUT2D eigenvalue weighted by Gasteiger charge is 2.39. The molecule has 0 bridgehead atoms. The molecule has 1 aromatic carbocycles. The van der Waals surface area contributed by atoms with Crippen LogP contribution in [0, 0.1) is 0 Å². The van der Waals surface area contributed by atoms with Crippen LogP contribution in [0.2, 0.25) is 18.1 Å². The molecule has 6 rings (SSSR count). The fourth-order valence-corrected chi connectivity index (χ4v) is 6.62. The Hall–Kier alpha value is -3.17. The minimum absolute atomic E-state index is 0.128. The Bertz CT molecular complexity index is 1540. The number of carbonyl (C=O) groups excluding carboxylic acids is 1. The number of furan rings is 1. The first kappa shape index (κ1) is 24.2. The van der Waals surface area contributed by atoms with Gasteiger partial charge in [-0.15, -0.1) is 0 Å². The smallest absolute Gasteiger partial charge is 0.250 e. The maximum Gasteiger partial charge on any atom is 0.250 e. The predicted octanol–water partition coefficient (Wildman–Crippen LogP) is 7.58. The fraction of sp³-hybridized carbons (Fsp3) is 0.357. The average Bonchev–Trinajstić information content (AvgIpc) is 3.56.